The first-order chi connectivity index (χ1) is 11.5. The highest BCUT2D eigenvalue weighted by Crippen LogP contribution is 2.18. The Bertz CT molecular complexity index is 784. The molecule has 1 aliphatic rings. The molecule has 24 heavy (non-hydrogen) atoms. The molecule has 2 heterocycles. The van der Waals surface area contributed by atoms with Crippen LogP contribution in [0.15, 0.2) is 24.3 Å². The van der Waals surface area contributed by atoms with Gasteiger partial charge in [0.1, 0.15) is 0 Å². The quantitative estimate of drug-likeness (QED) is 0.799. The van der Waals surface area contributed by atoms with Crippen LogP contribution in [-0.4, -0.2) is 56.2 Å². The summed E-state index contributed by atoms with van der Waals surface area (Å²) in [6.07, 6.45) is 0. The predicted molar refractivity (Wildman–Crippen MR) is 96.0 cm³/mol. The molecule has 128 valence electrons. The minimum atomic E-state index is 0.144. The highest BCUT2D eigenvalue weighted by atomic mass is 32.1. The molecule has 1 aromatic heterocycles. The van der Waals surface area contributed by atoms with Crippen LogP contribution in [-0.2, 0) is 18.5 Å². The smallest absolute Gasteiger partial charge is 0.219 e. The molecule has 1 fully saturated rings. The van der Waals surface area contributed by atoms with Crippen molar-refractivity contribution in [2.24, 2.45) is 7.05 Å². The van der Waals surface area contributed by atoms with Crippen molar-refractivity contribution in [1.29, 1.82) is 0 Å². The van der Waals surface area contributed by atoms with E-state index in [-0.39, 0.29) is 5.91 Å². The fourth-order valence-electron chi connectivity index (χ4n) is 2.93. The summed E-state index contributed by atoms with van der Waals surface area (Å²) in [6.45, 7) is 7.57. The molecule has 0 aliphatic carbocycles. The molecular weight excluding hydrogens is 322 g/mol. The fraction of sp³-hybridized carbons (Fsp3) is 0.471. The van der Waals surface area contributed by atoms with Gasteiger partial charge in [0.25, 0.3) is 0 Å². The van der Waals surface area contributed by atoms with Gasteiger partial charge in [-0.05, 0) is 19.1 Å². The zero-order valence-corrected chi connectivity index (χ0v) is 15.2. The lowest BCUT2D eigenvalue weighted by molar-refractivity contribution is -0.130. The van der Waals surface area contributed by atoms with Crippen molar-refractivity contribution in [2.75, 3.05) is 26.2 Å². The molecule has 0 radical (unpaired) electrons. The van der Waals surface area contributed by atoms with E-state index in [2.05, 4.69) is 36.1 Å². The Balaban J connectivity index is 1.76. The summed E-state index contributed by atoms with van der Waals surface area (Å²) >= 11 is 5.55. The number of amides is 1. The Kier molecular flexibility index (Phi) is 4.82. The van der Waals surface area contributed by atoms with Crippen LogP contribution in [0.1, 0.15) is 12.5 Å². The molecule has 0 N–H and O–H groups in total. The van der Waals surface area contributed by atoms with Gasteiger partial charge in [0.05, 0.1) is 6.67 Å². The molecule has 3 rings (SSSR count). The van der Waals surface area contributed by atoms with Gasteiger partial charge in [-0.1, -0.05) is 29.8 Å². The maximum atomic E-state index is 11.4. The molecular formula is C17H23N5OS. The van der Waals surface area contributed by atoms with Crippen molar-refractivity contribution in [1.82, 2.24) is 24.1 Å². The summed E-state index contributed by atoms with van der Waals surface area (Å²) < 4.78 is 4.53. The normalized spacial score (nSPS) is 15.7. The van der Waals surface area contributed by atoms with Gasteiger partial charge in [0, 0.05) is 45.7 Å². The molecule has 1 aromatic carbocycles. The van der Waals surface area contributed by atoms with Gasteiger partial charge in [-0.2, -0.15) is 5.10 Å². The Morgan fingerprint density at radius 2 is 1.79 bits per heavy atom. The number of hydrogen-bond donors (Lipinski definition) is 0. The lowest BCUT2D eigenvalue weighted by Gasteiger charge is -2.33. The standard InChI is InChI=1S/C17H23N5OS/c1-13-4-6-15(7-5-13)16-18-22(17(24)19(16)3)12-20-8-10-21(11-9-20)14(2)23/h4-7H,8-12H2,1-3H3. The fourth-order valence-corrected chi connectivity index (χ4v) is 3.11. The van der Waals surface area contributed by atoms with E-state index in [4.69, 9.17) is 17.3 Å². The average molecular weight is 345 g/mol. The Morgan fingerprint density at radius 1 is 1.17 bits per heavy atom. The minimum Gasteiger partial charge on any atom is -0.340 e. The lowest BCUT2D eigenvalue weighted by atomic mass is 10.1. The van der Waals surface area contributed by atoms with Crippen molar-refractivity contribution in [3.05, 3.63) is 34.6 Å². The van der Waals surface area contributed by atoms with Gasteiger partial charge in [0.2, 0.25) is 5.91 Å². The molecule has 0 spiro atoms. The van der Waals surface area contributed by atoms with Gasteiger partial charge >= 0.3 is 0 Å². The first kappa shape index (κ1) is 16.9. The maximum absolute atomic E-state index is 11.4. The third kappa shape index (κ3) is 3.42. The second-order valence-corrected chi connectivity index (χ2v) is 6.66. The Morgan fingerprint density at radius 3 is 2.38 bits per heavy atom. The highest BCUT2D eigenvalue weighted by Gasteiger charge is 2.20. The van der Waals surface area contributed by atoms with Gasteiger partial charge in [0.15, 0.2) is 10.6 Å². The van der Waals surface area contributed by atoms with Crippen LogP contribution in [0.4, 0.5) is 0 Å². The van der Waals surface area contributed by atoms with Crippen molar-refractivity contribution in [2.45, 2.75) is 20.5 Å². The van der Waals surface area contributed by atoms with Gasteiger partial charge in [-0.15, -0.1) is 0 Å². The van der Waals surface area contributed by atoms with Crippen molar-refractivity contribution in [3.63, 3.8) is 0 Å². The molecule has 1 amide bonds. The maximum Gasteiger partial charge on any atom is 0.219 e. The van der Waals surface area contributed by atoms with Crippen molar-refractivity contribution in [3.8, 4) is 11.4 Å². The van der Waals surface area contributed by atoms with Crippen LogP contribution in [0, 0.1) is 11.7 Å². The molecule has 6 nitrogen and oxygen atoms in total. The van der Waals surface area contributed by atoms with Crippen LogP contribution < -0.4 is 0 Å². The zero-order valence-electron chi connectivity index (χ0n) is 14.4. The Hall–Kier alpha value is -1.99. The molecule has 1 saturated heterocycles. The predicted octanol–water partition coefficient (Wildman–Crippen LogP) is 2.05. The first-order valence-electron chi connectivity index (χ1n) is 8.14. The average Bonchev–Trinajstić information content (AvgIpc) is 2.85. The van der Waals surface area contributed by atoms with Crippen LogP contribution in [0.5, 0.6) is 0 Å². The van der Waals surface area contributed by atoms with Crippen LogP contribution in [0.2, 0.25) is 0 Å². The third-order valence-electron chi connectivity index (χ3n) is 4.50. The van der Waals surface area contributed by atoms with E-state index in [1.54, 1.807) is 6.92 Å². The summed E-state index contributed by atoms with van der Waals surface area (Å²) in [5.41, 5.74) is 2.29. The third-order valence-corrected chi connectivity index (χ3v) is 4.99. The Labute approximate surface area is 147 Å². The van der Waals surface area contributed by atoms with Crippen molar-refractivity contribution >= 4 is 18.1 Å². The van der Waals surface area contributed by atoms with Crippen LogP contribution in [0.3, 0.4) is 0 Å². The molecule has 0 saturated carbocycles. The summed E-state index contributed by atoms with van der Waals surface area (Å²) in [6, 6.07) is 8.31. The van der Waals surface area contributed by atoms with Gasteiger partial charge in [-0.3, -0.25) is 9.69 Å². The molecule has 7 heteroatoms. The SMILES string of the molecule is CC(=O)N1CCN(Cn2nc(-c3ccc(C)cc3)n(C)c2=S)CC1. The summed E-state index contributed by atoms with van der Waals surface area (Å²) in [7, 11) is 1.95. The van der Waals surface area contributed by atoms with Crippen LogP contribution in [0.25, 0.3) is 11.4 Å². The molecule has 0 bridgehead atoms. The summed E-state index contributed by atoms with van der Waals surface area (Å²) in [5, 5.41) is 4.71. The monoisotopic (exact) mass is 345 g/mol. The molecule has 2 aromatic rings. The number of benzene rings is 1. The lowest BCUT2D eigenvalue weighted by Crippen LogP contribution is -2.48. The first-order valence-corrected chi connectivity index (χ1v) is 8.55. The van der Waals surface area contributed by atoms with E-state index >= 15 is 0 Å². The van der Waals surface area contributed by atoms with Crippen molar-refractivity contribution < 1.29 is 4.79 Å². The topological polar surface area (TPSA) is 46.3 Å². The van der Waals surface area contributed by atoms with E-state index < -0.39 is 0 Å². The molecule has 0 unspecified atom stereocenters. The van der Waals surface area contributed by atoms with Gasteiger partial charge < -0.3 is 9.47 Å². The van der Waals surface area contributed by atoms with Gasteiger partial charge in [-0.25, -0.2) is 4.68 Å². The number of nitrogens with zero attached hydrogens (tertiary/aromatic N) is 5. The van der Waals surface area contributed by atoms with E-state index in [1.807, 2.05) is 21.2 Å². The highest BCUT2D eigenvalue weighted by molar-refractivity contribution is 7.71. The van der Waals surface area contributed by atoms with E-state index in [1.165, 1.54) is 5.56 Å². The van der Waals surface area contributed by atoms with E-state index in [0.29, 0.717) is 11.4 Å². The number of carbonyl (C=O) groups excluding carboxylic acids is 1. The minimum absolute atomic E-state index is 0.144. The summed E-state index contributed by atoms with van der Waals surface area (Å²) in [4.78, 5) is 15.6. The second-order valence-electron chi connectivity index (χ2n) is 6.30. The number of aryl methyl sites for hydroxylation is 1. The number of piperazine rings is 1. The zero-order chi connectivity index (χ0) is 17.3. The molecule has 1 aliphatic heterocycles. The second kappa shape index (κ2) is 6.86. The number of aromatic nitrogens is 3. The largest absolute Gasteiger partial charge is 0.340 e. The summed E-state index contributed by atoms with van der Waals surface area (Å²) in [5.74, 6) is 1.02. The van der Waals surface area contributed by atoms with Crippen LogP contribution >= 0.6 is 12.2 Å². The number of carbonyl (C=O) groups is 1. The van der Waals surface area contributed by atoms with E-state index in [9.17, 15) is 4.79 Å². The van der Waals surface area contributed by atoms with E-state index in [0.717, 1.165) is 37.6 Å². The number of rotatable bonds is 3. The molecule has 0 atom stereocenters. The number of hydrogen-bond acceptors (Lipinski definition) is 4.